The number of amides is 1. The molecule has 1 unspecified atom stereocenters. The van der Waals surface area contributed by atoms with Gasteiger partial charge in [-0.05, 0) is 32.0 Å². The summed E-state index contributed by atoms with van der Waals surface area (Å²) >= 11 is 1.43. The number of nitrogen functional groups attached to an aromatic ring is 1. The summed E-state index contributed by atoms with van der Waals surface area (Å²) in [5.41, 5.74) is 6.52. The van der Waals surface area contributed by atoms with Gasteiger partial charge in [0.15, 0.2) is 0 Å². The van der Waals surface area contributed by atoms with E-state index < -0.39 is 0 Å². The van der Waals surface area contributed by atoms with Crippen LogP contribution in [0.25, 0.3) is 0 Å². The molecule has 4 nitrogen and oxygen atoms in total. The van der Waals surface area contributed by atoms with Gasteiger partial charge in [0.1, 0.15) is 5.75 Å². The number of hydrogen-bond acceptors (Lipinski definition) is 4. The van der Waals surface area contributed by atoms with E-state index in [1.165, 1.54) is 11.8 Å². The number of thioether (sulfide) groups is 1. The third-order valence-electron chi connectivity index (χ3n) is 2.24. The zero-order valence-electron chi connectivity index (χ0n) is 10.3. The van der Waals surface area contributed by atoms with Gasteiger partial charge in [0, 0.05) is 17.1 Å². The van der Waals surface area contributed by atoms with Crippen molar-refractivity contribution in [2.75, 3.05) is 19.4 Å². The molecule has 0 saturated heterocycles. The number of carbonyl (C=O) groups is 1. The van der Waals surface area contributed by atoms with Gasteiger partial charge in [0.2, 0.25) is 5.91 Å². The molecule has 1 atom stereocenters. The lowest BCUT2D eigenvalue weighted by molar-refractivity contribution is -0.120. The van der Waals surface area contributed by atoms with Crippen LogP contribution in [0.2, 0.25) is 0 Å². The Labute approximate surface area is 106 Å². The molecule has 0 aliphatic carbocycles. The first-order valence-electron chi connectivity index (χ1n) is 5.46. The Hall–Kier alpha value is -1.36. The van der Waals surface area contributed by atoms with E-state index in [0.29, 0.717) is 12.2 Å². The van der Waals surface area contributed by atoms with Crippen LogP contribution >= 0.6 is 11.8 Å². The topological polar surface area (TPSA) is 64.3 Å². The van der Waals surface area contributed by atoms with Gasteiger partial charge in [0.25, 0.3) is 0 Å². The van der Waals surface area contributed by atoms with Gasteiger partial charge >= 0.3 is 0 Å². The molecular formula is C12H18N2O2S. The van der Waals surface area contributed by atoms with Crippen LogP contribution in [-0.4, -0.2) is 24.8 Å². The number of nitrogens with one attached hydrogen (secondary N) is 1. The number of anilines is 1. The molecule has 0 heterocycles. The van der Waals surface area contributed by atoms with E-state index in [1.54, 1.807) is 19.2 Å². The molecule has 1 amide bonds. The molecule has 0 aliphatic rings. The van der Waals surface area contributed by atoms with Crippen LogP contribution < -0.4 is 15.8 Å². The highest BCUT2D eigenvalue weighted by atomic mass is 32.2. The first-order chi connectivity index (χ1) is 8.08. The molecule has 0 aromatic heterocycles. The molecule has 0 bridgehead atoms. The van der Waals surface area contributed by atoms with E-state index in [4.69, 9.17) is 10.5 Å². The van der Waals surface area contributed by atoms with Crippen LogP contribution in [0.3, 0.4) is 0 Å². The molecule has 0 fully saturated rings. The maximum Gasteiger partial charge on any atom is 0.233 e. The molecule has 1 aromatic rings. The van der Waals surface area contributed by atoms with Crippen molar-refractivity contribution in [3.63, 3.8) is 0 Å². The lowest BCUT2D eigenvalue weighted by Crippen LogP contribution is -2.30. The van der Waals surface area contributed by atoms with Crippen LogP contribution in [-0.2, 0) is 4.79 Å². The van der Waals surface area contributed by atoms with Gasteiger partial charge in [-0.25, -0.2) is 0 Å². The van der Waals surface area contributed by atoms with Gasteiger partial charge < -0.3 is 15.8 Å². The van der Waals surface area contributed by atoms with E-state index in [1.807, 2.05) is 19.9 Å². The molecule has 0 saturated carbocycles. The fourth-order valence-corrected chi connectivity index (χ4v) is 2.27. The van der Waals surface area contributed by atoms with E-state index in [2.05, 4.69) is 5.32 Å². The first kappa shape index (κ1) is 13.7. The molecule has 1 rings (SSSR count). The summed E-state index contributed by atoms with van der Waals surface area (Å²) in [6, 6.07) is 5.43. The monoisotopic (exact) mass is 254 g/mol. The average Bonchev–Trinajstić information content (AvgIpc) is 2.32. The first-order valence-corrected chi connectivity index (χ1v) is 6.34. The fraction of sp³-hybridized carbons (Fsp3) is 0.417. The minimum absolute atomic E-state index is 0.0136. The molecule has 17 heavy (non-hydrogen) atoms. The molecule has 94 valence electrons. The van der Waals surface area contributed by atoms with Crippen molar-refractivity contribution in [1.29, 1.82) is 0 Å². The van der Waals surface area contributed by atoms with Crippen molar-refractivity contribution < 1.29 is 9.53 Å². The number of hydrogen-bond donors (Lipinski definition) is 2. The summed E-state index contributed by atoms with van der Waals surface area (Å²) in [6.45, 7) is 4.39. The van der Waals surface area contributed by atoms with Gasteiger partial charge in [-0.1, -0.05) is 0 Å². The number of nitrogens with two attached hydrogens (primary N) is 1. The van der Waals surface area contributed by atoms with E-state index in [9.17, 15) is 4.79 Å². The number of benzene rings is 1. The second-order valence-electron chi connectivity index (χ2n) is 3.56. The molecule has 0 spiro atoms. The van der Waals surface area contributed by atoms with Crippen molar-refractivity contribution in [1.82, 2.24) is 5.32 Å². The number of ether oxygens (including phenoxy) is 1. The van der Waals surface area contributed by atoms with Gasteiger partial charge in [-0.3, -0.25) is 4.79 Å². The lowest BCUT2D eigenvalue weighted by atomic mass is 10.3. The Kier molecular flexibility index (Phi) is 5.15. The predicted molar refractivity (Wildman–Crippen MR) is 71.4 cm³/mol. The standard InChI is InChI=1S/C12H18N2O2S/c1-4-14-12(15)8(2)17-11-7-9(16-3)5-6-10(11)13/h5-8H,4,13H2,1-3H3,(H,14,15). The molecule has 3 N–H and O–H groups in total. The maximum atomic E-state index is 11.6. The Morgan fingerprint density at radius 1 is 1.59 bits per heavy atom. The number of rotatable bonds is 5. The largest absolute Gasteiger partial charge is 0.497 e. The zero-order chi connectivity index (χ0) is 12.8. The van der Waals surface area contributed by atoms with Crippen LogP contribution in [0.15, 0.2) is 23.1 Å². The van der Waals surface area contributed by atoms with Crippen LogP contribution in [0, 0.1) is 0 Å². The average molecular weight is 254 g/mol. The minimum Gasteiger partial charge on any atom is -0.497 e. The second-order valence-corrected chi connectivity index (χ2v) is 4.94. The second kappa shape index (κ2) is 6.39. The van der Waals surface area contributed by atoms with Crippen LogP contribution in [0.4, 0.5) is 5.69 Å². The summed E-state index contributed by atoms with van der Waals surface area (Å²) < 4.78 is 5.13. The predicted octanol–water partition coefficient (Wildman–Crippen LogP) is 1.89. The van der Waals surface area contributed by atoms with Crippen LogP contribution in [0.5, 0.6) is 5.75 Å². The SMILES string of the molecule is CCNC(=O)C(C)Sc1cc(OC)ccc1N. The molecular weight excluding hydrogens is 236 g/mol. The third-order valence-corrected chi connectivity index (χ3v) is 3.42. The minimum atomic E-state index is -0.177. The fourth-order valence-electron chi connectivity index (χ4n) is 1.31. The summed E-state index contributed by atoms with van der Waals surface area (Å²) in [4.78, 5) is 12.5. The Morgan fingerprint density at radius 3 is 2.88 bits per heavy atom. The summed E-state index contributed by atoms with van der Waals surface area (Å²) in [7, 11) is 1.60. The van der Waals surface area contributed by atoms with Crippen molar-refractivity contribution in [3.8, 4) is 5.75 Å². The van der Waals surface area contributed by atoms with Gasteiger partial charge in [0.05, 0.1) is 12.4 Å². The Morgan fingerprint density at radius 2 is 2.29 bits per heavy atom. The number of methoxy groups -OCH3 is 1. The highest BCUT2D eigenvalue weighted by Crippen LogP contribution is 2.31. The maximum absolute atomic E-state index is 11.6. The molecule has 0 aliphatic heterocycles. The van der Waals surface area contributed by atoms with E-state index >= 15 is 0 Å². The quantitative estimate of drug-likeness (QED) is 0.622. The number of carbonyl (C=O) groups excluding carboxylic acids is 1. The Balaban J connectivity index is 2.76. The van der Waals surface area contributed by atoms with Gasteiger partial charge in [-0.15, -0.1) is 11.8 Å². The van der Waals surface area contributed by atoms with Gasteiger partial charge in [-0.2, -0.15) is 0 Å². The third kappa shape index (κ3) is 3.85. The van der Waals surface area contributed by atoms with Crippen molar-refractivity contribution in [2.45, 2.75) is 24.0 Å². The van der Waals surface area contributed by atoms with Crippen molar-refractivity contribution in [3.05, 3.63) is 18.2 Å². The normalized spacial score (nSPS) is 11.9. The lowest BCUT2D eigenvalue weighted by Gasteiger charge is -2.13. The van der Waals surface area contributed by atoms with E-state index in [-0.39, 0.29) is 11.2 Å². The van der Waals surface area contributed by atoms with Crippen molar-refractivity contribution >= 4 is 23.4 Å². The van der Waals surface area contributed by atoms with E-state index in [0.717, 1.165) is 10.6 Å². The highest BCUT2D eigenvalue weighted by molar-refractivity contribution is 8.00. The molecule has 5 heteroatoms. The molecule has 1 aromatic carbocycles. The summed E-state index contributed by atoms with van der Waals surface area (Å²) in [5, 5.41) is 2.61. The smallest absolute Gasteiger partial charge is 0.233 e. The Bertz CT molecular complexity index is 396. The summed E-state index contributed by atoms with van der Waals surface area (Å²) in [5.74, 6) is 0.754. The van der Waals surface area contributed by atoms with Crippen LogP contribution in [0.1, 0.15) is 13.8 Å². The summed E-state index contributed by atoms with van der Waals surface area (Å²) in [6.07, 6.45) is 0. The zero-order valence-corrected chi connectivity index (χ0v) is 11.1. The van der Waals surface area contributed by atoms with Crippen molar-refractivity contribution in [2.24, 2.45) is 0 Å². The highest BCUT2D eigenvalue weighted by Gasteiger charge is 2.15. The molecule has 0 radical (unpaired) electrons.